The minimum atomic E-state index is -0.253. The monoisotopic (exact) mass is 314 g/mol. The van der Waals surface area contributed by atoms with Gasteiger partial charge in [0.1, 0.15) is 6.04 Å². The van der Waals surface area contributed by atoms with E-state index in [1.54, 1.807) is 17.5 Å². The van der Waals surface area contributed by atoms with Crippen LogP contribution in [0.1, 0.15) is 22.4 Å². The van der Waals surface area contributed by atoms with Crippen LogP contribution in [-0.2, 0) is 6.54 Å². The van der Waals surface area contributed by atoms with Gasteiger partial charge in [0.25, 0.3) is 0 Å². The summed E-state index contributed by atoms with van der Waals surface area (Å²) in [6, 6.07) is -0.253. The zero-order valence-corrected chi connectivity index (χ0v) is 13.4. The van der Waals surface area contributed by atoms with Crippen LogP contribution in [-0.4, -0.2) is 40.3 Å². The minimum absolute atomic E-state index is 0.253. The van der Waals surface area contributed by atoms with Crippen LogP contribution in [0.3, 0.4) is 0 Å². The van der Waals surface area contributed by atoms with Gasteiger partial charge in [-0.3, -0.25) is 10.5 Å². The second kappa shape index (κ2) is 6.64. The molecule has 2 aromatic heterocycles. The fourth-order valence-electron chi connectivity index (χ4n) is 1.95. The third-order valence-corrected chi connectivity index (χ3v) is 4.05. The molecule has 6 nitrogen and oxygen atoms in total. The Balaban J connectivity index is 2.31. The van der Waals surface area contributed by atoms with Gasteiger partial charge in [-0.1, -0.05) is 11.6 Å². The molecule has 0 saturated heterocycles. The third-order valence-electron chi connectivity index (χ3n) is 2.96. The maximum Gasteiger partial charge on any atom is 0.107 e. The van der Waals surface area contributed by atoms with E-state index in [4.69, 9.17) is 17.4 Å². The van der Waals surface area contributed by atoms with Gasteiger partial charge >= 0.3 is 0 Å². The third kappa shape index (κ3) is 3.36. The van der Waals surface area contributed by atoms with E-state index in [-0.39, 0.29) is 6.04 Å². The van der Waals surface area contributed by atoms with E-state index >= 15 is 0 Å². The predicted octanol–water partition coefficient (Wildman–Crippen LogP) is 1.42. The van der Waals surface area contributed by atoms with Gasteiger partial charge in [-0.15, -0.1) is 11.3 Å². The molecule has 2 heterocycles. The molecule has 3 N–H and O–H groups in total. The molecule has 0 radical (unpaired) electrons. The number of hydrogen-bond acceptors (Lipinski definition) is 6. The molecule has 0 bridgehead atoms. The van der Waals surface area contributed by atoms with E-state index in [0.29, 0.717) is 5.02 Å². The van der Waals surface area contributed by atoms with Crippen molar-refractivity contribution in [2.45, 2.75) is 19.5 Å². The molecule has 0 spiro atoms. The van der Waals surface area contributed by atoms with Crippen molar-refractivity contribution in [3.8, 4) is 0 Å². The standard InChI is InChI=1S/C12H19ClN6S/c1-8-16-10(7-20-8)11(17-14)12-9(13)6-15-19(12)5-4-18(2)3/h6-7,11,17H,4-5,14H2,1-3H3. The Morgan fingerprint density at radius 3 is 2.85 bits per heavy atom. The minimum Gasteiger partial charge on any atom is -0.308 e. The van der Waals surface area contributed by atoms with Crippen LogP contribution in [0.2, 0.25) is 5.02 Å². The summed E-state index contributed by atoms with van der Waals surface area (Å²) < 4.78 is 1.88. The number of hydrazine groups is 1. The van der Waals surface area contributed by atoms with Gasteiger partial charge in [-0.2, -0.15) is 5.10 Å². The lowest BCUT2D eigenvalue weighted by Gasteiger charge is -2.18. The van der Waals surface area contributed by atoms with Gasteiger partial charge in [0.15, 0.2) is 0 Å². The number of nitrogens with one attached hydrogen (secondary N) is 1. The lowest BCUT2D eigenvalue weighted by molar-refractivity contribution is 0.365. The molecular weight excluding hydrogens is 296 g/mol. The fraction of sp³-hybridized carbons (Fsp3) is 0.500. The van der Waals surface area contributed by atoms with Crippen LogP contribution in [0.4, 0.5) is 0 Å². The average molecular weight is 315 g/mol. The highest BCUT2D eigenvalue weighted by molar-refractivity contribution is 7.09. The molecule has 0 saturated carbocycles. The Morgan fingerprint density at radius 1 is 1.55 bits per heavy atom. The quantitative estimate of drug-likeness (QED) is 0.623. The Kier molecular flexibility index (Phi) is 5.11. The first-order valence-corrected chi connectivity index (χ1v) is 7.52. The summed E-state index contributed by atoms with van der Waals surface area (Å²) in [6.45, 7) is 3.58. The normalized spacial score (nSPS) is 13.1. The highest BCUT2D eigenvalue weighted by Gasteiger charge is 2.23. The summed E-state index contributed by atoms with van der Waals surface area (Å²) in [5, 5.41) is 7.90. The van der Waals surface area contributed by atoms with Crippen LogP contribution in [0.5, 0.6) is 0 Å². The summed E-state index contributed by atoms with van der Waals surface area (Å²) in [5.74, 6) is 5.70. The molecule has 2 rings (SSSR count). The second-order valence-electron chi connectivity index (χ2n) is 4.80. The summed E-state index contributed by atoms with van der Waals surface area (Å²) in [7, 11) is 4.04. The molecule has 0 fully saturated rings. The Bertz CT molecular complexity index is 564. The molecule has 1 atom stereocenters. The van der Waals surface area contributed by atoms with Crippen LogP contribution in [0.25, 0.3) is 0 Å². The van der Waals surface area contributed by atoms with Crippen molar-refractivity contribution in [1.29, 1.82) is 0 Å². The second-order valence-corrected chi connectivity index (χ2v) is 6.26. The van der Waals surface area contributed by atoms with Gasteiger partial charge in [0, 0.05) is 11.9 Å². The van der Waals surface area contributed by atoms with Crippen molar-refractivity contribution in [1.82, 2.24) is 25.1 Å². The number of rotatable bonds is 6. The fourth-order valence-corrected chi connectivity index (χ4v) is 2.84. The lowest BCUT2D eigenvalue weighted by atomic mass is 10.1. The van der Waals surface area contributed by atoms with Gasteiger partial charge in [-0.05, 0) is 21.0 Å². The first-order valence-electron chi connectivity index (χ1n) is 6.27. The zero-order chi connectivity index (χ0) is 14.7. The largest absolute Gasteiger partial charge is 0.308 e. The first kappa shape index (κ1) is 15.4. The molecular formula is C12H19ClN6S. The van der Waals surface area contributed by atoms with Gasteiger partial charge in [-0.25, -0.2) is 10.4 Å². The van der Waals surface area contributed by atoms with Gasteiger partial charge in [0.05, 0.1) is 34.2 Å². The average Bonchev–Trinajstić information content (AvgIpc) is 2.97. The number of likely N-dealkylation sites (N-methyl/N-ethyl adjacent to an activating group) is 1. The Hall–Kier alpha value is -0.990. The number of halogens is 1. The molecule has 2 aromatic rings. The molecule has 8 heteroatoms. The Morgan fingerprint density at radius 2 is 2.30 bits per heavy atom. The highest BCUT2D eigenvalue weighted by Crippen LogP contribution is 2.28. The molecule has 20 heavy (non-hydrogen) atoms. The summed E-state index contributed by atoms with van der Waals surface area (Å²) in [4.78, 5) is 6.58. The summed E-state index contributed by atoms with van der Waals surface area (Å²) in [6.07, 6.45) is 1.65. The van der Waals surface area contributed by atoms with Crippen LogP contribution < -0.4 is 11.3 Å². The van der Waals surface area contributed by atoms with Crippen molar-refractivity contribution in [2.75, 3.05) is 20.6 Å². The van der Waals surface area contributed by atoms with Crippen molar-refractivity contribution in [3.05, 3.63) is 33.0 Å². The molecule has 0 amide bonds. The smallest absolute Gasteiger partial charge is 0.107 e. The number of aryl methyl sites for hydroxylation is 1. The molecule has 0 aliphatic heterocycles. The molecule has 1 unspecified atom stereocenters. The van der Waals surface area contributed by atoms with E-state index in [1.807, 2.05) is 31.1 Å². The highest BCUT2D eigenvalue weighted by atomic mass is 35.5. The van der Waals surface area contributed by atoms with E-state index in [9.17, 15) is 0 Å². The van der Waals surface area contributed by atoms with E-state index in [0.717, 1.165) is 29.5 Å². The predicted molar refractivity (Wildman–Crippen MR) is 81.8 cm³/mol. The van der Waals surface area contributed by atoms with Crippen LogP contribution >= 0.6 is 22.9 Å². The van der Waals surface area contributed by atoms with Crippen molar-refractivity contribution < 1.29 is 0 Å². The molecule has 0 aliphatic rings. The van der Waals surface area contributed by atoms with Crippen LogP contribution in [0, 0.1) is 6.92 Å². The SMILES string of the molecule is Cc1nc(C(NN)c2c(Cl)cnn2CCN(C)C)cs1. The molecule has 110 valence electrons. The van der Waals surface area contributed by atoms with Gasteiger partial charge in [0.2, 0.25) is 0 Å². The summed E-state index contributed by atoms with van der Waals surface area (Å²) >= 11 is 7.86. The number of nitrogens with two attached hydrogens (primary N) is 1. The van der Waals surface area contributed by atoms with Crippen molar-refractivity contribution in [3.63, 3.8) is 0 Å². The van der Waals surface area contributed by atoms with E-state index in [1.165, 1.54) is 0 Å². The maximum absolute atomic E-state index is 6.27. The number of hydrogen-bond donors (Lipinski definition) is 2. The summed E-state index contributed by atoms with van der Waals surface area (Å²) in [5.41, 5.74) is 4.50. The number of nitrogens with zero attached hydrogens (tertiary/aromatic N) is 4. The maximum atomic E-state index is 6.27. The first-order chi connectivity index (χ1) is 9.52. The lowest BCUT2D eigenvalue weighted by Crippen LogP contribution is -2.32. The van der Waals surface area contributed by atoms with E-state index in [2.05, 4.69) is 20.4 Å². The molecule has 0 aromatic carbocycles. The topological polar surface area (TPSA) is 72.0 Å². The number of thiazole rings is 1. The number of aromatic nitrogens is 3. The Labute approximate surface area is 127 Å². The van der Waals surface area contributed by atoms with Crippen molar-refractivity contribution >= 4 is 22.9 Å². The van der Waals surface area contributed by atoms with Crippen molar-refractivity contribution in [2.24, 2.45) is 5.84 Å². The van der Waals surface area contributed by atoms with Gasteiger partial charge < -0.3 is 4.90 Å². The zero-order valence-electron chi connectivity index (χ0n) is 11.8. The molecule has 0 aliphatic carbocycles. The van der Waals surface area contributed by atoms with Crippen LogP contribution in [0.15, 0.2) is 11.6 Å². The van der Waals surface area contributed by atoms with E-state index < -0.39 is 0 Å².